The van der Waals surface area contributed by atoms with Gasteiger partial charge in [-0.1, -0.05) is 12.1 Å². The molecule has 1 N–H and O–H groups in total. The Balaban J connectivity index is 1.53. The molecule has 2 aromatic rings. The number of nitrogens with one attached hydrogen (secondary N) is 1. The zero-order chi connectivity index (χ0) is 18.5. The Morgan fingerprint density at radius 2 is 1.96 bits per heavy atom. The van der Waals surface area contributed by atoms with Crippen LogP contribution in [0.25, 0.3) is 0 Å². The van der Waals surface area contributed by atoms with Crippen molar-refractivity contribution in [3.63, 3.8) is 0 Å². The fourth-order valence-electron chi connectivity index (χ4n) is 2.95. The van der Waals surface area contributed by atoms with E-state index in [4.69, 9.17) is 4.74 Å². The van der Waals surface area contributed by atoms with Crippen molar-refractivity contribution < 1.29 is 14.3 Å². The number of ether oxygens (including phenoxy) is 1. The van der Waals surface area contributed by atoms with Crippen LogP contribution in [0.4, 0.5) is 10.6 Å². The number of piperazine rings is 1. The number of rotatable bonds is 4. The minimum Gasteiger partial charge on any atom is -0.497 e. The van der Waals surface area contributed by atoms with Crippen molar-refractivity contribution in [3.8, 4) is 5.75 Å². The predicted molar refractivity (Wildman–Crippen MR) is 97.2 cm³/mol. The first-order valence-electron chi connectivity index (χ1n) is 8.53. The fourth-order valence-corrected chi connectivity index (χ4v) is 2.95. The van der Waals surface area contributed by atoms with Crippen molar-refractivity contribution >= 4 is 17.8 Å². The molecule has 0 atom stereocenters. The van der Waals surface area contributed by atoms with E-state index in [0.717, 1.165) is 25.4 Å². The van der Waals surface area contributed by atoms with Crippen LogP contribution in [0.5, 0.6) is 5.75 Å². The van der Waals surface area contributed by atoms with E-state index < -0.39 is 0 Å². The molecule has 8 heteroatoms. The number of aromatic nitrogens is 2. The highest BCUT2D eigenvalue weighted by Crippen LogP contribution is 2.15. The lowest BCUT2D eigenvalue weighted by Crippen LogP contribution is -2.49. The second-order valence-electron chi connectivity index (χ2n) is 6.22. The van der Waals surface area contributed by atoms with Gasteiger partial charge in [-0.2, -0.15) is 4.68 Å². The number of methoxy groups -OCH3 is 1. The van der Waals surface area contributed by atoms with E-state index >= 15 is 0 Å². The Kier molecular flexibility index (Phi) is 5.52. The quantitative estimate of drug-likeness (QED) is 0.900. The first-order chi connectivity index (χ1) is 12.5. The molecular formula is C18H23N5O3. The Morgan fingerprint density at radius 1 is 1.19 bits per heavy atom. The SMILES string of the molecule is COc1cccc(CN2CCN(C(=O)n3ccc(NC(C)=O)n3)CC2)c1. The van der Waals surface area contributed by atoms with Gasteiger partial charge in [-0.25, -0.2) is 4.79 Å². The summed E-state index contributed by atoms with van der Waals surface area (Å²) in [4.78, 5) is 27.7. The summed E-state index contributed by atoms with van der Waals surface area (Å²) in [5.41, 5.74) is 1.19. The van der Waals surface area contributed by atoms with E-state index in [-0.39, 0.29) is 11.9 Å². The third-order valence-corrected chi connectivity index (χ3v) is 4.27. The van der Waals surface area contributed by atoms with Crippen LogP contribution in [0.2, 0.25) is 0 Å². The molecule has 0 bridgehead atoms. The number of anilines is 1. The smallest absolute Gasteiger partial charge is 0.344 e. The van der Waals surface area contributed by atoms with E-state index in [1.165, 1.54) is 17.2 Å². The summed E-state index contributed by atoms with van der Waals surface area (Å²) in [5, 5.41) is 6.66. The van der Waals surface area contributed by atoms with Crippen molar-refractivity contribution in [3.05, 3.63) is 42.1 Å². The highest BCUT2D eigenvalue weighted by atomic mass is 16.5. The van der Waals surface area contributed by atoms with E-state index in [9.17, 15) is 9.59 Å². The van der Waals surface area contributed by atoms with Gasteiger partial charge in [0.2, 0.25) is 5.91 Å². The molecule has 26 heavy (non-hydrogen) atoms. The fraction of sp³-hybridized carbons (Fsp3) is 0.389. The van der Waals surface area contributed by atoms with E-state index in [0.29, 0.717) is 18.9 Å². The van der Waals surface area contributed by atoms with Gasteiger partial charge in [0.05, 0.1) is 7.11 Å². The van der Waals surface area contributed by atoms with Gasteiger partial charge in [0, 0.05) is 51.9 Å². The molecule has 0 saturated carbocycles. The Bertz CT molecular complexity index is 781. The largest absolute Gasteiger partial charge is 0.497 e. The molecule has 2 heterocycles. The third-order valence-electron chi connectivity index (χ3n) is 4.27. The van der Waals surface area contributed by atoms with E-state index in [1.807, 2.05) is 18.2 Å². The van der Waals surface area contributed by atoms with E-state index in [2.05, 4.69) is 21.4 Å². The molecular weight excluding hydrogens is 334 g/mol. The lowest BCUT2D eigenvalue weighted by atomic mass is 10.2. The minimum absolute atomic E-state index is 0.178. The summed E-state index contributed by atoms with van der Waals surface area (Å²) in [6, 6.07) is 9.46. The van der Waals surface area contributed by atoms with Gasteiger partial charge in [-0.15, -0.1) is 5.10 Å². The molecule has 138 valence electrons. The molecule has 8 nitrogen and oxygen atoms in total. The molecule has 0 unspecified atom stereocenters. The first-order valence-corrected chi connectivity index (χ1v) is 8.53. The molecule has 0 aliphatic carbocycles. The molecule has 1 aromatic carbocycles. The van der Waals surface area contributed by atoms with Gasteiger partial charge >= 0.3 is 6.03 Å². The second-order valence-corrected chi connectivity index (χ2v) is 6.22. The van der Waals surface area contributed by atoms with Crippen LogP contribution in [0, 0.1) is 0 Å². The van der Waals surface area contributed by atoms with Crippen molar-refractivity contribution in [2.45, 2.75) is 13.5 Å². The Hall–Kier alpha value is -2.87. The zero-order valence-electron chi connectivity index (χ0n) is 15.0. The van der Waals surface area contributed by atoms with Crippen LogP contribution < -0.4 is 10.1 Å². The maximum Gasteiger partial charge on any atom is 0.344 e. The van der Waals surface area contributed by atoms with Crippen LogP contribution in [0.15, 0.2) is 36.5 Å². The number of amides is 2. The van der Waals surface area contributed by atoms with Crippen LogP contribution in [0.1, 0.15) is 12.5 Å². The molecule has 3 rings (SSSR count). The summed E-state index contributed by atoms with van der Waals surface area (Å²) in [6.07, 6.45) is 1.57. The predicted octanol–water partition coefficient (Wildman–Crippen LogP) is 1.64. The Morgan fingerprint density at radius 3 is 2.65 bits per heavy atom. The molecule has 0 spiro atoms. The van der Waals surface area contributed by atoms with Crippen LogP contribution in [-0.2, 0) is 11.3 Å². The maximum absolute atomic E-state index is 12.5. The molecule has 2 amide bonds. The summed E-state index contributed by atoms with van der Waals surface area (Å²) in [7, 11) is 1.66. The highest BCUT2D eigenvalue weighted by Gasteiger charge is 2.23. The van der Waals surface area contributed by atoms with Crippen molar-refractivity contribution in [2.24, 2.45) is 0 Å². The summed E-state index contributed by atoms with van der Waals surface area (Å²) < 4.78 is 6.53. The lowest BCUT2D eigenvalue weighted by molar-refractivity contribution is -0.114. The second kappa shape index (κ2) is 8.01. The van der Waals surface area contributed by atoms with Crippen molar-refractivity contribution in [2.75, 3.05) is 38.6 Å². The average Bonchev–Trinajstić information content (AvgIpc) is 3.09. The van der Waals surface area contributed by atoms with Crippen LogP contribution in [-0.4, -0.2) is 64.8 Å². The molecule has 1 fully saturated rings. The molecule has 1 aliphatic rings. The zero-order valence-corrected chi connectivity index (χ0v) is 15.0. The van der Waals surface area contributed by atoms with E-state index in [1.54, 1.807) is 24.3 Å². The molecule has 1 aliphatic heterocycles. The van der Waals surface area contributed by atoms with Crippen LogP contribution >= 0.6 is 0 Å². The van der Waals surface area contributed by atoms with Crippen LogP contribution in [0.3, 0.4) is 0 Å². The van der Waals surface area contributed by atoms with Gasteiger partial charge in [0.25, 0.3) is 0 Å². The standard InChI is InChI=1S/C18H23N5O3/c1-14(24)19-17-6-7-23(20-17)18(25)22-10-8-21(9-11-22)13-15-4-3-5-16(12-15)26-2/h3-7,12H,8-11,13H2,1-2H3,(H,19,20,24). The molecule has 0 radical (unpaired) electrons. The minimum atomic E-state index is -0.214. The van der Waals surface area contributed by atoms with Gasteiger partial charge in [-0.3, -0.25) is 9.69 Å². The average molecular weight is 357 g/mol. The first kappa shape index (κ1) is 17.9. The van der Waals surface area contributed by atoms with Crippen molar-refractivity contribution in [1.29, 1.82) is 0 Å². The maximum atomic E-state index is 12.5. The van der Waals surface area contributed by atoms with Gasteiger partial charge < -0.3 is 15.0 Å². The lowest BCUT2D eigenvalue weighted by Gasteiger charge is -2.34. The Labute approximate surface area is 152 Å². The number of nitrogens with zero attached hydrogens (tertiary/aromatic N) is 4. The summed E-state index contributed by atoms with van der Waals surface area (Å²) in [6.45, 7) is 5.10. The van der Waals surface area contributed by atoms with Gasteiger partial charge in [0.15, 0.2) is 5.82 Å². The number of hydrogen-bond donors (Lipinski definition) is 1. The van der Waals surface area contributed by atoms with Crippen molar-refractivity contribution in [1.82, 2.24) is 19.6 Å². The highest BCUT2D eigenvalue weighted by molar-refractivity contribution is 5.87. The number of carbonyl (C=O) groups is 2. The van der Waals surface area contributed by atoms with Gasteiger partial charge in [0.1, 0.15) is 5.75 Å². The normalized spacial score (nSPS) is 14.9. The summed E-state index contributed by atoms with van der Waals surface area (Å²) in [5.74, 6) is 1.02. The van der Waals surface area contributed by atoms with Gasteiger partial charge in [-0.05, 0) is 17.7 Å². The number of benzene rings is 1. The third kappa shape index (κ3) is 4.40. The number of carbonyl (C=O) groups excluding carboxylic acids is 2. The topological polar surface area (TPSA) is 79.7 Å². The molecule has 1 aromatic heterocycles. The monoisotopic (exact) mass is 357 g/mol. The summed E-state index contributed by atoms with van der Waals surface area (Å²) >= 11 is 0. The molecule has 1 saturated heterocycles. The number of hydrogen-bond acceptors (Lipinski definition) is 5.